The van der Waals surface area contributed by atoms with Gasteiger partial charge in [0.25, 0.3) is 5.56 Å². The standard InChI is InChI=1S/C22H22N4O3S/c1-5-30(28,29)25-19-8-6-7-18(24-17-11-9-15(2)10-12-17)21(19)16-13-20(23-3)22(27)26(4)14-16/h1,6-14,23-25H,2-4H3. The maximum Gasteiger partial charge on any atom is 0.301 e. The number of sulfonamides is 1. The summed E-state index contributed by atoms with van der Waals surface area (Å²) in [5.41, 5.74) is 4.27. The number of terminal acetylenes is 1. The van der Waals surface area contributed by atoms with Crippen LogP contribution in [0, 0.1) is 18.6 Å². The van der Waals surface area contributed by atoms with Crippen molar-refractivity contribution in [3.63, 3.8) is 0 Å². The lowest BCUT2D eigenvalue weighted by molar-refractivity contribution is 0.611. The minimum Gasteiger partial charge on any atom is -0.384 e. The molecule has 0 saturated carbocycles. The van der Waals surface area contributed by atoms with E-state index in [2.05, 4.69) is 15.4 Å². The first-order valence-corrected chi connectivity index (χ1v) is 10.6. The lowest BCUT2D eigenvalue weighted by Gasteiger charge is -2.18. The Bertz CT molecular complexity index is 1290. The van der Waals surface area contributed by atoms with E-state index < -0.39 is 10.0 Å². The smallest absolute Gasteiger partial charge is 0.301 e. The Morgan fingerprint density at radius 1 is 1.03 bits per heavy atom. The molecule has 3 rings (SSSR count). The third kappa shape index (κ3) is 4.47. The minimum absolute atomic E-state index is 0.198. The zero-order valence-corrected chi connectivity index (χ0v) is 17.7. The summed E-state index contributed by atoms with van der Waals surface area (Å²) in [5, 5.41) is 7.96. The monoisotopic (exact) mass is 422 g/mol. The van der Waals surface area contributed by atoms with Crippen LogP contribution in [-0.4, -0.2) is 20.0 Å². The summed E-state index contributed by atoms with van der Waals surface area (Å²) in [4.78, 5) is 12.3. The van der Waals surface area contributed by atoms with Crippen LogP contribution >= 0.6 is 0 Å². The van der Waals surface area contributed by atoms with Crippen LogP contribution in [0.25, 0.3) is 11.1 Å². The zero-order chi connectivity index (χ0) is 21.9. The van der Waals surface area contributed by atoms with Crippen LogP contribution in [0.4, 0.5) is 22.7 Å². The number of nitrogens with one attached hydrogen (secondary N) is 3. The molecule has 0 aliphatic rings. The van der Waals surface area contributed by atoms with Crippen molar-refractivity contribution in [1.29, 1.82) is 0 Å². The molecule has 0 spiro atoms. The van der Waals surface area contributed by atoms with Gasteiger partial charge >= 0.3 is 10.0 Å². The Kier molecular flexibility index (Phi) is 5.85. The van der Waals surface area contributed by atoms with Gasteiger partial charge in [-0.2, -0.15) is 8.42 Å². The van der Waals surface area contributed by atoms with Crippen LogP contribution in [0.2, 0.25) is 0 Å². The highest BCUT2D eigenvalue weighted by Gasteiger charge is 2.17. The minimum atomic E-state index is -3.97. The summed E-state index contributed by atoms with van der Waals surface area (Å²) >= 11 is 0. The normalized spacial score (nSPS) is 10.9. The summed E-state index contributed by atoms with van der Waals surface area (Å²) in [5.74, 6) is 0. The fraction of sp³-hybridized carbons (Fsp3) is 0.136. The van der Waals surface area contributed by atoms with Gasteiger partial charge in [-0.1, -0.05) is 23.8 Å². The second kappa shape index (κ2) is 8.35. The Hall–Kier alpha value is -3.70. The van der Waals surface area contributed by atoms with E-state index in [1.165, 1.54) is 4.57 Å². The quantitative estimate of drug-likeness (QED) is 0.529. The number of hydrogen-bond donors (Lipinski definition) is 3. The first-order chi connectivity index (χ1) is 14.2. The molecule has 0 fully saturated rings. The van der Waals surface area contributed by atoms with Crippen LogP contribution < -0.4 is 20.9 Å². The van der Waals surface area contributed by atoms with Crippen molar-refractivity contribution >= 4 is 32.8 Å². The Labute approximate surface area is 175 Å². The van der Waals surface area contributed by atoms with Gasteiger partial charge in [0.05, 0.1) is 5.69 Å². The lowest BCUT2D eigenvalue weighted by atomic mass is 10.0. The summed E-state index contributed by atoms with van der Waals surface area (Å²) < 4.78 is 28.0. The predicted octanol–water partition coefficient (Wildman–Crippen LogP) is 3.48. The summed E-state index contributed by atoms with van der Waals surface area (Å²) in [7, 11) is -0.682. The Balaban J connectivity index is 2.23. The van der Waals surface area contributed by atoms with E-state index in [0.717, 1.165) is 11.3 Å². The Morgan fingerprint density at radius 3 is 2.33 bits per heavy atom. The van der Waals surface area contributed by atoms with Gasteiger partial charge in [0.15, 0.2) is 0 Å². The number of benzene rings is 2. The number of anilines is 4. The molecule has 7 nitrogen and oxygen atoms in total. The molecule has 2 aromatic carbocycles. The number of hydrogen-bond acceptors (Lipinski definition) is 5. The second-order valence-electron chi connectivity index (χ2n) is 6.75. The Morgan fingerprint density at radius 2 is 1.70 bits per heavy atom. The molecular formula is C22H22N4O3S. The number of pyridine rings is 1. The molecule has 1 aromatic heterocycles. The molecule has 30 heavy (non-hydrogen) atoms. The largest absolute Gasteiger partial charge is 0.384 e. The van der Waals surface area contributed by atoms with E-state index in [4.69, 9.17) is 6.42 Å². The van der Waals surface area contributed by atoms with Gasteiger partial charge in [-0.3, -0.25) is 9.52 Å². The van der Waals surface area contributed by atoms with Gasteiger partial charge in [0, 0.05) is 48.0 Å². The van der Waals surface area contributed by atoms with Crippen LogP contribution in [-0.2, 0) is 17.1 Å². The topological polar surface area (TPSA) is 92.2 Å². The SMILES string of the molecule is C#CS(=O)(=O)Nc1cccc(Nc2ccc(C)cc2)c1-c1cc(NC)c(=O)n(C)c1. The van der Waals surface area contributed by atoms with E-state index in [0.29, 0.717) is 28.2 Å². The van der Waals surface area contributed by atoms with Crippen LogP contribution in [0.1, 0.15) is 5.56 Å². The van der Waals surface area contributed by atoms with Crippen LogP contribution in [0.15, 0.2) is 59.5 Å². The maximum absolute atomic E-state index is 12.3. The number of rotatable bonds is 6. The molecule has 0 aliphatic heterocycles. The molecular weight excluding hydrogens is 400 g/mol. The third-order valence-corrected chi connectivity index (χ3v) is 5.33. The summed E-state index contributed by atoms with van der Waals surface area (Å²) in [6, 6.07) is 14.6. The van der Waals surface area contributed by atoms with Crippen molar-refractivity contribution in [3.8, 4) is 22.8 Å². The highest BCUT2D eigenvalue weighted by Crippen LogP contribution is 2.37. The average molecular weight is 423 g/mol. The first-order valence-electron chi connectivity index (χ1n) is 9.09. The van der Waals surface area contributed by atoms with Gasteiger partial charge in [0.2, 0.25) is 0 Å². The van der Waals surface area contributed by atoms with Gasteiger partial charge in [-0.25, -0.2) is 0 Å². The predicted molar refractivity (Wildman–Crippen MR) is 123 cm³/mol. The molecule has 3 aromatic rings. The van der Waals surface area contributed by atoms with Gasteiger partial charge in [-0.15, -0.1) is 6.42 Å². The molecule has 0 radical (unpaired) electrons. The van der Waals surface area contributed by atoms with Crippen LogP contribution in [0.3, 0.4) is 0 Å². The molecule has 8 heteroatoms. The van der Waals surface area contributed by atoms with Crippen molar-refractivity contribution in [1.82, 2.24) is 4.57 Å². The molecule has 0 aliphatic carbocycles. The fourth-order valence-corrected chi connectivity index (χ4v) is 3.57. The number of aryl methyl sites for hydroxylation is 2. The van der Waals surface area contributed by atoms with Crippen molar-refractivity contribution in [3.05, 3.63) is 70.6 Å². The zero-order valence-electron chi connectivity index (χ0n) is 16.9. The number of aromatic nitrogens is 1. The molecule has 0 saturated heterocycles. The molecule has 154 valence electrons. The maximum atomic E-state index is 12.3. The van der Waals surface area contributed by atoms with Gasteiger partial charge in [0.1, 0.15) is 5.69 Å². The summed E-state index contributed by atoms with van der Waals surface area (Å²) in [6.07, 6.45) is 6.78. The second-order valence-corrected chi connectivity index (χ2v) is 8.20. The van der Waals surface area contributed by atoms with Crippen molar-refractivity contribution in [2.75, 3.05) is 22.4 Å². The van der Waals surface area contributed by atoms with Crippen molar-refractivity contribution in [2.24, 2.45) is 7.05 Å². The van der Waals surface area contributed by atoms with Gasteiger partial charge in [-0.05, 0) is 37.3 Å². The molecule has 3 N–H and O–H groups in total. The molecule has 0 bridgehead atoms. The van der Waals surface area contributed by atoms with E-state index >= 15 is 0 Å². The summed E-state index contributed by atoms with van der Waals surface area (Å²) in [6.45, 7) is 1.99. The fourth-order valence-electron chi connectivity index (χ4n) is 3.05. The number of nitrogens with zero attached hydrogens (tertiary/aromatic N) is 1. The van der Waals surface area contributed by atoms with E-state index in [1.807, 2.05) is 37.3 Å². The highest BCUT2D eigenvalue weighted by molar-refractivity contribution is 7.97. The van der Waals surface area contributed by atoms with E-state index in [9.17, 15) is 13.2 Å². The van der Waals surface area contributed by atoms with Crippen molar-refractivity contribution < 1.29 is 8.42 Å². The molecule has 0 unspecified atom stereocenters. The molecule has 0 amide bonds. The van der Waals surface area contributed by atoms with Crippen LogP contribution in [0.5, 0.6) is 0 Å². The first kappa shape index (κ1) is 21.0. The highest BCUT2D eigenvalue weighted by atomic mass is 32.2. The van der Waals surface area contributed by atoms with E-state index in [1.54, 1.807) is 43.7 Å². The molecule has 0 atom stereocenters. The van der Waals surface area contributed by atoms with E-state index in [-0.39, 0.29) is 5.56 Å². The molecule has 1 heterocycles. The van der Waals surface area contributed by atoms with Gasteiger partial charge < -0.3 is 15.2 Å². The lowest BCUT2D eigenvalue weighted by Crippen LogP contribution is -2.19. The average Bonchev–Trinajstić information content (AvgIpc) is 2.72. The third-order valence-electron chi connectivity index (χ3n) is 4.54. The van der Waals surface area contributed by atoms with Crippen molar-refractivity contribution in [2.45, 2.75) is 6.92 Å².